The summed E-state index contributed by atoms with van der Waals surface area (Å²) >= 11 is 3.37. The van der Waals surface area contributed by atoms with Crippen molar-refractivity contribution in [1.82, 2.24) is 0 Å². The van der Waals surface area contributed by atoms with E-state index in [9.17, 15) is 5.11 Å². The van der Waals surface area contributed by atoms with Crippen LogP contribution in [0, 0.1) is 0 Å². The summed E-state index contributed by atoms with van der Waals surface area (Å²) in [5.74, 6) is 0.237. The summed E-state index contributed by atoms with van der Waals surface area (Å²) in [7, 11) is 0. The third kappa shape index (κ3) is 1.23. The predicted octanol–water partition coefficient (Wildman–Crippen LogP) is 4.05. The smallest absolute Gasteiger partial charge is 0.149 e. The van der Waals surface area contributed by atoms with Crippen LogP contribution < -0.4 is 0 Å². The molecule has 1 heterocycles. The zero-order valence-corrected chi connectivity index (χ0v) is 9.28. The number of halogens is 1. The Labute approximate surface area is 94.3 Å². The van der Waals surface area contributed by atoms with Crippen molar-refractivity contribution in [1.29, 1.82) is 0 Å². The molecule has 0 amide bonds. The molecule has 0 atom stereocenters. The fraction of sp³-hybridized carbons (Fsp3) is 0. The first-order chi connectivity index (χ1) is 7.25. The van der Waals surface area contributed by atoms with Gasteiger partial charge in [0.05, 0.1) is 4.47 Å². The van der Waals surface area contributed by atoms with Crippen molar-refractivity contribution in [3.8, 4) is 5.75 Å². The van der Waals surface area contributed by atoms with Crippen molar-refractivity contribution in [2.45, 2.75) is 0 Å². The Balaban J connectivity index is 2.61. The minimum Gasteiger partial charge on any atom is -0.508 e. The van der Waals surface area contributed by atoms with Gasteiger partial charge in [-0.15, -0.1) is 0 Å². The average molecular weight is 263 g/mol. The first kappa shape index (κ1) is 8.80. The minimum absolute atomic E-state index is 0.237. The highest BCUT2D eigenvalue weighted by molar-refractivity contribution is 9.10. The van der Waals surface area contributed by atoms with E-state index in [1.807, 2.05) is 24.3 Å². The molecule has 3 aromatic rings. The molecule has 0 aliphatic heterocycles. The van der Waals surface area contributed by atoms with Crippen LogP contribution in [0.25, 0.3) is 21.9 Å². The van der Waals surface area contributed by atoms with E-state index in [-0.39, 0.29) is 5.75 Å². The second kappa shape index (κ2) is 3.00. The number of furan rings is 1. The lowest BCUT2D eigenvalue weighted by molar-refractivity contribution is 0.475. The number of rotatable bonds is 0. The summed E-state index contributed by atoms with van der Waals surface area (Å²) in [4.78, 5) is 0. The molecule has 0 saturated carbocycles. The monoisotopic (exact) mass is 262 g/mol. The van der Waals surface area contributed by atoms with Gasteiger partial charge in [0.15, 0.2) is 0 Å². The fourth-order valence-electron chi connectivity index (χ4n) is 1.77. The summed E-state index contributed by atoms with van der Waals surface area (Å²) in [5, 5.41) is 11.5. The quantitative estimate of drug-likeness (QED) is 0.663. The summed E-state index contributed by atoms with van der Waals surface area (Å²) in [6.07, 6.45) is 0. The van der Waals surface area contributed by atoms with Crippen molar-refractivity contribution in [2.24, 2.45) is 0 Å². The Morgan fingerprint density at radius 3 is 2.73 bits per heavy atom. The van der Waals surface area contributed by atoms with Gasteiger partial charge in [-0.3, -0.25) is 0 Å². The minimum atomic E-state index is 0.237. The zero-order chi connectivity index (χ0) is 10.4. The molecule has 1 N–H and O–H groups in total. The maximum Gasteiger partial charge on any atom is 0.149 e. The largest absolute Gasteiger partial charge is 0.508 e. The fourth-order valence-corrected chi connectivity index (χ4v) is 2.30. The molecule has 0 fully saturated rings. The number of phenols is 1. The van der Waals surface area contributed by atoms with Crippen molar-refractivity contribution in [3.63, 3.8) is 0 Å². The van der Waals surface area contributed by atoms with Crippen molar-refractivity contribution in [3.05, 3.63) is 40.9 Å². The maximum absolute atomic E-state index is 9.52. The van der Waals surface area contributed by atoms with Gasteiger partial charge in [0.2, 0.25) is 0 Å². The molecular weight excluding hydrogens is 256 g/mol. The highest BCUT2D eigenvalue weighted by atomic mass is 79.9. The van der Waals surface area contributed by atoms with Crippen LogP contribution in [0.1, 0.15) is 0 Å². The summed E-state index contributed by atoms with van der Waals surface area (Å²) < 4.78 is 6.45. The van der Waals surface area contributed by atoms with Gasteiger partial charge in [-0.2, -0.15) is 0 Å². The van der Waals surface area contributed by atoms with Crippen LogP contribution in [-0.4, -0.2) is 5.11 Å². The van der Waals surface area contributed by atoms with E-state index >= 15 is 0 Å². The lowest BCUT2D eigenvalue weighted by Gasteiger charge is -1.94. The van der Waals surface area contributed by atoms with Crippen LogP contribution >= 0.6 is 15.9 Å². The predicted molar refractivity (Wildman–Crippen MR) is 63.1 cm³/mol. The number of hydrogen-bond acceptors (Lipinski definition) is 2. The highest BCUT2D eigenvalue weighted by Crippen LogP contribution is 2.35. The van der Waals surface area contributed by atoms with E-state index in [4.69, 9.17) is 4.42 Å². The third-order valence-corrected chi connectivity index (χ3v) is 3.01. The number of fused-ring (bicyclic) bond motifs is 3. The van der Waals surface area contributed by atoms with Gasteiger partial charge in [0.1, 0.15) is 16.9 Å². The average Bonchev–Trinajstić information content (AvgIpc) is 2.57. The van der Waals surface area contributed by atoms with Gasteiger partial charge in [0.25, 0.3) is 0 Å². The van der Waals surface area contributed by atoms with E-state index in [2.05, 4.69) is 15.9 Å². The topological polar surface area (TPSA) is 33.4 Å². The standard InChI is InChI=1S/C12H7BrO2/c13-10-6-7(14)5-9-8-3-1-2-4-11(8)15-12(9)10/h1-6,14H. The molecule has 1 aromatic heterocycles. The molecule has 2 nitrogen and oxygen atoms in total. The summed E-state index contributed by atoms with van der Waals surface area (Å²) in [6, 6.07) is 11.1. The van der Waals surface area contributed by atoms with E-state index < -0.39 is 0 Å². The van der Waals surface area contributed by atoms with Crippen molar-refractivity contribution in [2.75, 3.05) is 0 Å². The van der Waals surface area contributed by atoms with Crippen molar-refractivity contribution < 1.29 is 9.52 Å². The van der Waals surface area contributed by atoms with Gasteiger partial charge in [-0.1, -0.05) is 18.2 Å². The number of para-hydroxylation sites is 1. The van der Waals surface area contributed by atoms with Gasteiger partial charge in [0, 0.05) is 10.8 Å². The second-order valence-corrected chi connectivity index (χ2v) is 4.26. The Bertz CT molecular complexity index is 655. The van der Waals surface area contributed by atoms with E-state index in [1.165, 1.54) is 0 Å². The molecule has 0 aliphatic rings. The molecule has 15 heavy (non-hydrogen) atoms. The summed E-state index contributed by atoms with van der Waals surface area (Å²) in [5.41, 5.74) is 1.60. The number of benzene rings is 2. The van der Waals surface area contributed by atoms with Crippen LogP contribution in [-0.2, 0) is 0 Å². The SMILES string of the molecule is Oc1cc(Br)c2oc3ccccc3c2c1. The van der Waals surface area contributed by atoms with Gasteiger partial charge >= 0.3 is 0 Å². The molecule has 3 heteroatoms. The highest BCUT2D eigenvalue weighted by Gasteiger charge is 2.10. The molecule has 0 bridgehead atoms. The molecule has 0 saturated heterocycles. The van der Waals surface area contributed by atoms with Gasteiger partial charge in [-0.05, 0) is 34.1 Å². The van der Waals surface area contributed by atoms with Crippen LogP contribution in [0.2, 0.25) is 0 Å². The number of hydrogen-bond donors (Lipinski definition) is 1. The molecule has 74 valence electrons. The van der Waals surface area contributed by atoms with Crippen molar-refractivity contribution >= 4 is 37.9 Å². The maximum atomic E-state index is 9.52. The van der Waals surface area contributed by atoms with Crippen LogP contribution in [0.5, 0.6) is 5.75 Å². The normalized spacial score (nSPS) is 11.3. The lowest BCUT2D eigenvalue weighted by Crippen LogP contribution is -1.69. The Morgan fingerprint density at radius 1 is 1.07 bits per heavy atom. The Hall–Kier alpha value is -1.48. The lowest BCUT2D eigenvalue weighted by atomic mass is 10.1. The number of aromatic hydroxyl groups is 1. The first-order valence-corrected chi connectivity index (χ1v) is 5.35. The zero-order valence-electron chi connectivity index (χ0n) is 7.70. The van der Waals surface area contributed by atoms with Gasteiger partial charge in [-0.25, -0.2) is 0 Å². The van der Waals surface area contributed by atoms with Crippen LogP contribution in [0.3, 0.4) is 0 Å². The molecule has 3 rings (SSSR count). The first-order valence-electron chi connectivity index (χ1n) is 4.55. The molecule has 2 aromatic carbocycles. The third-order valence-electron chi connectivity index (χ3n) is 2.42. The van der Waals surface area contributed by atoms with Crippen LogP contribution in [0.15, 0.2) is 45.3 Å². The van der Waals surface area contributed by atoms with Crippen LogP contribution in [0.4, 0.5) is 0 Å². The summed E-state index contributed by atoms with van der Waals surface area (Å²) in [6.45, 7) is 0. The van der Waals surface area contributed by atoms with E-state index in [0.717, 1.165) is 26.4 Å². The van der Waals surface area contributed by atoms with E-state index in [1.54, 1.807) is 12.1 Å². The van der Waals surface area contributed by atoms with E-state index in [0.29, 0.717) is 0 Å². The molecule has 0 spiro atoms. The molecule has 0 unspecified atom stereocenters. The Kier molecular flexibility index (Phi) is 1.76. The van der Waals surface area contributed by atoms with Gasteiger partial charge < -0.3 is 9.52 Å². The number of phenolic OH excluding ortho intramolecular Hbond substituents is 1. The second-order valence-electron chi connectivity index (χ2n) is 3.40. The molecule has 0 radical (unpaired) electrons. The Morgan fingerprint density at radius 2 is 1.87 bits per heavy atom. The molecule has 0 aliphatic carbocycles. The molecular formula is C12H7BrO2.